The molecule has 0 saturated carbocycles. The number of pyridine rings is 1. The molecule has 0 spiro atoms. The lowest BCUT2D eigenvalue weighted by atomic mass is 9.71. The molecule has 2 atom stereocenters. The molecular weight excluding hydrogens is 327 g/mol. The van der Waals surface area contributed by atoms with Gasteiger partial charge in [0.25, 0.3) is 5.91 Å². The fourth-order valence-electron chi connectivity index (χ4n) is 3.31. The predicted octanol–water partition coefficient (Wildman–Crippen LogP) is 3.91. The Morgan fingerprint density at radius 3 is 2.43 bits per heavy atom. The van der Waals surface area contributed by atoms with Gasteiger partial charge in [-0.2, -0.15) is 11.8 Å². The van der Waals surface area contributed by atoms with Crippen LogP contribution < -0.4 is 0 Å². The summed E-state index contributed by atoms with van der Waals surface area (Å²) in [7, 11) is 0. The quantitative estimate of drug-likeness (QED) is 0.724. The zero-order chi connectivity index (χ0) is 15.4. The maximum atomic E-state index is 12.9. The Morgan fingerprint density at radius 1 is 1.29 bits per heavy atom. The van der Waals surface area contributed by atoms with Gasteiger partial charge in [0.15, 0.2) is 0 Å². The van der Waals surface area contributed by atoms with Crippen molar-refractivity contribution in [2.24, 2.45) is 10.8 Å². The Labute approximate surface area is 139 Å². The van der Waals surface area contributed by atoms with Gasteiger partial charge in [0.05, 0.1) is 0 Å². The number of carbonyl (C=O) groups excluding carboxylic acids is 1. The SMILES string of the molecule is Cc1c(C(=O)N2C[C@]3(C)CSC[C@]3(C)C2)cc(Cl)nc1Cl. The third-order valence-electron chi connectivity index (χ3n) is 5.08. The Kier molecular flexibility index (Phi) is 3.70. The van der Waals surface area contributed by atoms with E-state index in [0.717, 1.165) is 24.6 Å². The van der Waals surface area contributed by atoms with Crippen molar-refractivity contribution in [3.63, 3.8) is 0 Å². The molecule has 0 bridgehead atoms. The van der Waals surface area contributed by atoms with Crippen LogP contribution in [0.5, 0.6) is 0 Å². The summed E-state index contributed by atoms with van der Waals surface area (Å²) in [6.45, 7) is 7.99. The topological polar surface area (TPSA) is 33.2 Å². The van der Waals surface area contributed by atoms with E-state index in [9.17, 15) is 4.79 Å². The second-order valence-electron chi connectivity index (χ2n) is 6.68. The number of thioether (sulfide) groups is 1. The van der Waals surface area contributed by atoms with E-state index in [1.54, 1.807) is 6.07 Å². The molecule has 2 aliphatic heterocycles. The maximum Gasteiger partial charge on any atom is 0.254 e. The van der Waals surface area contributed by atoms with Crippen LogP contribution in [0.25, 0.3) is 0 Å². The molecule has 0 radical (unpaired) electrons. The summed E-state index contributed by atoms with van der Waals surface area (Å²) in [6.07, 6.45) is 0. The highest BCUT2D eigenvalue weighted by Crippen LogP contribution is 2.55. The molecule has 1 aromatic rings. The van der Waals surface area contributed by atoms with Gasteiger partial charge in [0, 0.05) is 41.0 Å². The minimum absolute atomic E-state index is 0.0144. The Hall–Kier alpha value is -0.450. The summed E-state index contributed by atoms with van der Waals surface area (Å²) in [5, 5.41) is 0.569. The molecule has 0 unspecified atom stereocenters. The number of aromatic nitrogens is 1. The van der Waals surface area contributed by atoms with E-state index < -0.39 is 0 Å². The van der Waals surface area contributed by atoms with E-state index in [1.165, 1.54) is 0 Å². The third-order valence-corrected chi connectivity index (χ3v) is 7.32. The van der Waals surface area contributed by atoms with E-state index in [4.69, 9.17) is 23.2 Å². The van der Waals surface area contributed by atoms with E-state index >= 15 is 0 Å². The van der Waals surface area contributed by atoms with Crippen LogP contribution in [0.4, 0.5) is 0 Å². The molecule has 0 aliphatic carbocycles. The molecule has 2 fully saturated rings. The number of hydrogen-bond donors (Lipinski definition) is 0. The predicted molar refractivity (Wildman–Crippen MR) is 88.4 cm³/mol. The first-order valence-corrected chi connectivity index (χ1v) is 8.86. The van der Waals surface area contributed by atoms with Gasteiger partial charge in [-0.3, -0.25) is 4.79 Å². The maximum absolute atomic E-state index is 12.9. The molecule has 21 heavy (non-hydrogen) atoms. The number of carbonyl (C=O) groups is 1. The van der Waals surface area contributed by atoms with Crippen LogP contribution in [0.3, 0.4) is 0 Å². The van der Waals surface area contributed by atoms with Crippen LogP contribution in [0.15, 0.2) is 6.07 Å². The number of nitrogens with zero attached hydrogens (tertiary/aromatic N) is 2. The standard InChI is InChI=1S/C15H18Cl2N2OS/c1-9-10(4-11(16)18-12(9)17)13(20)19-5-14(2)7-21-8-15(14,3)6-19/h4H,5-8H2,1-3H3/t14-,15+. The third kappa shape index (κ3) is 2.36. The highest BCUT2D eigenvalue weighted by molar-refractivity contribution is 7.99. The van der Waals surface area contributed by atoms with Gasteiger partial charge in [-0.25, -0.2) is 4.98 Å². The van der Waals surface area contributed by atoms with Crippen molar-refractivity contribution >= 4 is 40.9 Å². The van der Waals surface area contributed by atoms with E-state index in [0.29, 0.717) is 16.3 Å². The van der Waals surface area contributed by atoms with Crippen molar-refractivity contribution in [1.82, 2.24) is 9.88 Å². The fraction of sp³-hybridized carbons (Fsp3) is 0.600. The molecule has 0 N–H and O–H groups in total. The molecule has 114 valence electrons. The molecule has 0 aromatic carbocycles. The first-order valence-electron chi connectivity index (χ1n) is 6.95. The van der Waals surface area contributed by atoms with Crippen LogP contribution in [-0.4, -0.2) is 40.4 Å². The first kappa shape index (κ1) is 15.4. The van der Waals surface area contributed by atoms with Crippen molar-refractivity contribution in [3.8, 4) is 0 Å². The van der Waals surface area contributed by atoms with Crippen molar-refractivity contribution in [2.45, 2.75) is 20.8 Å². The molecular formula is C15H18Cl2N2OS. The summed E-state index contributed by atoms with van der Waals surface area (Å²) in [5.74, 6) is 2.24. The smallest absolute Gasteiger partial charge is 0.254 e. The Balaban J connectivity index is 1.92. The molecule has 3 heterocycles. The number of likely N-dealkylation sites (tertiary alicyclic amines) is 1. The Bertz CT molecular complexity index is 606. The molecule has 1 aromatic heterocycles. The van der Waals surface area contributed by atoms with Crippen molar-refractivity contribution in [2.75, 3.05) is 24.6 Å². The average molecular weight is 345 g/mol. The fourth-order valence-corrected chi connectivity index (χ4v) is 5.62. The van der Waals surface area contributed by atoms with Gasteiger partial charge in [0.2, 0.25) is 0 Å². The Morgan fingerprint density at radius 2 is 1.86 bits per heavy atom. The van der Waals surface area contributed by atoms with Gasteiger partial charge in [-0.05, 0) is 18.6 Å². The van der Waals surface area contributed by atoms with E-state index in [1.807, 2.05) is 23.6 Å². The minimum atomic E-state index is 0.0144. The number of amides is 1. The first-order chi connectivity index (χ1) is 9.76. The van der Waals surface area contributed by atoms with E-state index in [2.05, 4.69) is 18.8 Å². The highest BCUT2D eigenvalue weighted by atomic mass is 35.5. The van der Waals surface area contributed by atoms with Crippen LogP contribution in [0.2, 0.25) is 10.3 Å². The monoisotopic (exact) mass is 344 g/mol. The van der Waals surface area contributed by atoms with Crippen molar-refractivity contribution in [1.29, 1.82) is 0 Å². The second-order valence-corrected chi connectivity index (χ2v) is 8.41. The van der Waals surface area contributed by atoms with Gasteiger partial charge in [-0.15, -0.1) is 0 Å². The van der Waals surface area contributed by atoms with Crippen molar-refractivity contribution < 1.29 is 4.79 Å². The normalized spacial score (nSPS) is 31.6. The summed E-state index contributed by atoms with van der Waals surface area (Å²) in [6, 6.07) is 1.62. The number of rotatable bonds is 1. The number of fused-ring (bicyclic) bond motifs is 1. The molecule has 2 saturated heterocycles. The van der Waals surface area contributed by atoms with Crippen LogP contribution >= 0.6 is 35.0 Å². The number of halogens is 2. The van der Waals surface area contributed by atoms with Gasteiger partial charge in [-0.1, -0.05) is 37.0 Å². The zero-order valence-corrected chi connectivity index (χ0v) is 14.7. The average Bonchev–Trinajstić information content (AvgIpc) is 2.81. The molecule has 2 aliphatic rings. The van der Waals surface area contributed by atoms with Crippen LogP contribution in [0.1, 0.15) is 29.8 Å². The molecule has 1 amide bonds. The van der Waals surface area contributed by atoms with Crippen LogP contribution in [0, 0.1) is 17.8 Å². The summed E-state index contributed by atoms with van der Waals surface area (Å²) >= 11 is 14.0. The molecule has 3 nitrogen and oxygen atoms in total. The van der Waals surface area contributed by atoms with Gasteiger partial charge >= 0.3 is 0 Å². The van der Waals surface area contributed by atoms with Gasteiger partial charge in [0.1, 0.15) is 10.3 Å². The lowest BCUT2D eigenvalue weighted by Crippen LogP contribution is -2.34. The minimum Gasteiger partial charge on any atom is -0.337 e. The van der Waals surface area contributed by atoms with Crippen molar-refractivity contribution in [3.05, 3.63) is 27.5 Å². The van der Waals surface area contributed by atoms with E-state index in [-0.39, 0.29) is 21.9 Å². The zero-order valence-electron chi connectivity index (χ0n) is 12.4. The largest absolute Gasteiger partial charge is 0.337 e. The lowest BCUT2D eigenvalue weighted by molar-refractivity contribution is 0.0774. The summed E-state index contributed by atoms with van der Waals surface area (Å²) in [5.41, 5.74) is 1.66. The van der Waals surface area contributed by atoms with Crippen LogP contribution in [-0.2, 0) is 0 Å². The highest BCUT2D eigenvalue weighted by Gasteiger charge is 2.56. The molecule has 6 heteroatoms. The summed E-state index contributed by atoms with van der Waals surface area (Å²) < 4.78 is 0. The summed E-state index contributed by atoms with van der Waals surface area (Å²) in [4.78, 5) is 18.8. The lowest BCUT2D eigenvalue weighted by Gasteiger charge is -2.30. The number of hydrogen-bond acceptors (Lipinski definition) is 3. The van der Waals surface area contributed by atoms with Gasteiger partial charge < -0.3 is 4.90 Å². The second kappa shape index (κ2) is 5.04. The molecule has 3 rings (SSSR count).